The minimum absolute atomic E-state index is 0. The first-order valence-corrected chi connectivity index (χ1v) is 4.60. The third-order valence-corrected chi connectivity index (χ3v) is 2.44. The summed E-state index contributed by atoms with van der Waals surface area (Å²) in [5, 5.41) is 3.30. The molecule has 0 unspecified atom stereocenters. The second kappa shape index (κ2) is 7.15. The van der Waals surface area contributed by atoms with Crippen molar-refractivity contribution < 1.29 is 9.53 Å². The molecule has 0 amide bonds. The summed E-state index contributed by atoms with van der Waals surface area (Å²) in [5.74, 6) is 0.652. The Morgan fingerprint density at radius 3 is 2.62 bits per heavy atom. The number of hydrogen-bond donors (Lipinski definition) is 1. The van der Waals surface area contributed by atoms with Crippen LogP contribution in [-0.2, 0) is 9.53 Å². The Morgan fingerprint density at radius 1 is 1.46 bits per heavy atom. The van der Waals surface area contributed by atoms with Crippen LogP contribution < -0.4 is 5.32 Å². The van der Waals surface area contributed by atoms with Crippen LogP contribution in [-0.4, -0.2) is 26.2 Å². The van der Waals surface area contributed by atoms with Crippen LogP contribution in [0.15, 0.2) is 0 Å². The molecule has 0 radical (unpaired) electrons. The zero-order valence-corrected chi connectivity index (χ0v) is 8.86. The maximum absolute atomic E-state index is 10.8. The Bertz CT molecular complexity index is 147. The number of hydrogen-bond acceptors (Lipinski definition) is 3. The summed E-state index contributed by atoms with van der Waals surface area (Å²) >= 11 is 0. The maximum atomic E-state index is 10.8. The summed E-state index contributed by atoms with van der Waals surface area (Å²) in [4.78, 5) is 10.8. The Balaban J connectivity index is 0.00000144. The van der Waals surface area contributed by atoms with Crippen molar-refractivity contribution in [1.82, 2.24) is 5.32 Å². The first-order chi connectivity index (χ1) is 5.83. The van der Waals surface area contributed by atoms with Gasteiger partial charge in [0.05, 0.1) is 7.11 Å². The molecule has 78 valence electrons. The standard InChI is InChI=1S/C9H17NO2.ClH/c1-12-9(11)3-2-8-4-6-10-7-5-8;/h8,10H,2-7H2,1H3;1H. The van der Waals surface area contributed by atoms with E-state index in [4.69, 9.17) is 0 Å². The van der Waals surface area contributed by atoms with Crippen molar-refractivity contribution in [3.8, 4) is 0 Å². The highest BCUT2D eigenvalue weighted by molar-refractivity contribution is 5.85. The van der Waals surface area contributed by atoms with Gasteiger partial charge in [-0.2, -0.15) is 0 Å². The van der Waals surface area contributed by atoms with Crippen molar-refractivity contribution in [2.75, 3.05) is 20.2 Å². The number of carbonyl (C=O) groups excluding carboxylic acids is 1. The molecule has 3 nitrogen and oxygen atoms in total. The topological polar surface area (TPSA) is 38.3 Å². The molecule has 0 aromatic heterocycles. The molecule has 0 bridgehead atoms. The second-order valence-corrected chi connectivity index (χ2v) is 3.31. The molecule has 0 aromatic carbocycles. The number of methoxy groups -OCH3 is 1. The molecule has 0 aromatic rings. The van der Waals surface area contributed by atoms with Gasteiger partial charge in [0, 0.05) is 6.42 Å². The lowest BCUT2D eigenvalue weighted by Gasteiger charge is -2.21. The van der Waals surface area contributed by atoms with E-state index in [1.54, 1.807) is 0 Å². The molecule has 1 fully saturated rings. The Hall–Kier alpha value is -0.280. The molecule has 0 saturated carbocycles. The summed E-state index contributed by atoms with van der Waals surface area (Å²) in [5.41, 5.74) is 0. The van der Waals surface area contributed by atoms with Crippen LogP contribution in [0.25, 0.3) is 0 Å². The van der Waals surface area contributed by atoms with Crippen molar-refractivity contribution in [3.05, 3.63) is 0 Å². The van der Waals surface area contributed by atoms with E-state index in [1.807, 2.05) is 0 Å². The molecular formula is C9H18ClNO2. The smallest absolute Gasteiger partial charge is 0.305 e. The predicted molar refractivity (Wildman–Crippen MR) is 54.1 cm³/mol. The number of piperidine rings is 1. The first-order valence-electron chi connectivity index (χ1n) is 4.60. The van der Waals surface area contributed by atoms with Crippen LogP contribution in [0.2, 0.25) is 0 Å². The zero-order chi connectivity index (χ0) is 8.81. The lowest BCUT2D eigenvalue weighted by molar-refractivity contribution is -0.141. The van der Waals surface area contributed by atoms with Crippen LogP contribution in [0, 0.1) is 5.92 Å². The van der Waals surface area contributed by atoms with Gasteiger partial charge < -0.3 is 10.1 Å². The van der Waals surface area contributed by atoms with Gasteiger partial charge in [-0.3, -0.25) is 4.79 Å². The quantitative estimate of drug-likeness (QED) is 0.711. The van der Waals surface area contributed by atoms with E-state index < -0.39 is 0 Å². The number of rotatable bonds is 3. The monoisotopic (exact) mass is 207 g/mol. The molecule has 0 atom stereocenters. The van der Waals surface area contributed by atoms with E-state index in [0.29, 0.717) is 6.42 Å². The van der Waals surface area contributed by atoms with Gasteiger partial charge in [-0.25, -0.2) is 0 Å². The summed E-state index contributed by atoms with van der Waals surface area (Å²) in [6.45, 7) is 2.21. The maximum Gasteiger partial charge on any atom is 0.305 e. The molecule has 4 heteroatoms. The lowest BCUT2D eigenvalue weighted by atomic mass is 9.93. The number of halogens is 1. The van der Waals surface area contributed by atoms with Crippen molar-refractivity contribution in [2.24, 2.45) is 5.92 Å². The highest BCUT2D eigenvalue weighted by Crippen LogP contribution is 2.17. The molecule has 0 aliphatic carbocycles. The third kappa shape index (κ3) is 5.11. The summed E-state index contributed by atoms with van der Waals surface area (Å²) < 4.78 is 4.59. The molecular weight excluding hydrogens is 190 g/mol. The fourth-order valence-electron chi connectivity index (χ4n) is 1.59. The van der Waals surface area contributed by atoms with Crippen molar-refractivity contribution in [3.63, 3.8) is 0 Å². The number of nitrogens with one attached hydrogen (secondary N) is 1. The van der Waals surface area contributed by atoms with Gasteiger partial charge in [0.1, 0.15) is 0 Å². The predicted octanol–water partition coefficient (Wildman–Crippen LogP) is 1.36. The molecule has 0 spiro atoms. The van der Waals surface area contributed by atoms with Gasteiger partial charge in [0.15, 0.2) is 0 Å². The normalized spacial score (nSPS) is 17.6. The number of carbonyl (C=O) groups is 1. The van der Waals surface area contributed by atoms with E-state index in [2.05, 4.69) is 10.1 Å². The average molecular weight is 208 g/mol. The van der Waals surface area contributed by atoms with E-state index in [0.717, 1.165) is 25.4 Å². The highest BCUT2D eigenvalue weighted by atomic mass is 35.5. The molecule has 1 saturated heterocycles. The average Bonchev–Trinajstić information content (AvgIpc) is 2.16. The van der Waals surface area contributed by atoms with Crippen LogP contribution >= 0.6 is 12.4 Å². The molecule has 1 N–H and O–H groups in total. The Labute approximate surface area is 85.6 Å². The van der Waals surface area contributed by atoms with Gasteiger partial charge in [0.25, 0.3) is 0 Å². The largest absolute Gasteiger partial charge is 0.469 e. The van der Waals surface area contributed by atoms with E-state index in [1.165, 1.54) is 20.0 Å². The van der Waals surface area contributed by atoms with Crippen LogP contribution in [0.4, 0.5) is 0 Å². The summed E-state index contributed by atoms with van der Waals surface area (Å²) in [7, 11) is 1.45. The number of ether oxygens (including phenoxy) is 1. The van der Waals surface area contributed by atoms with Gasteiger partial charge in [-0.1, -0.05) is 0 Å². The van der Waals surface area contributed by atoms with E-state index >= 15 is 0 Å². The molecule has 1 aliphatic rings. The molecule has 1 rings (SSSR count). The van der Waals surface area contributed by atoms with Crippen molar-refractivity contribution in [1.29, 1.82) is 0 Å². The van der Waals surface area contributed by atoms with E-state index in [-0.39, 0.29) is 18.4 Å². The third-order valence-electron chi connectivity index (χ3n) is 2.44. The minimum atomic E-state index is -0.0754. The molecule has 1 aliphatic heterocycles. The van der Waals surface area contributed by atoms with Gasteiger partial charge >= 0.3 is 5.97 Å². The molecule has 13 heavy (non-hydrogen) atoms. The van der Waals surface area contributed by atoms with Crippen molar-refractivity contribution >= 4 is 18.4 Å². The van der Waals surface area contributed by atoms with Crippen LogP contribution in [0.3, 0.4) is 0 Å². The van der Waals surface area contributed by atoms with Gasteiger partial charge in [-0.15, -0.1) is 12.4 Å². The van der Waals surface area contributed by atoms with Crippen LogP contribution in [0.1, 0.15) is 25.7 Å². The first kappa shape index (κ1) is 12.7. The van der Waals surface area contributed by atoms with Crippen LogP contribution in [0.5, 0.6) is 0 Å². The molecule has 1 heterocycles. The number of esters is 1. The Morgan fingerprint density at radius 2 is 2.08 bits per heavy atom. The zero-order valence-electron chi connectivity index (χ0n) is 8.04. The highest BCUT2D eigenvalue weighted by Gasteiger charge is 2.14. The fraction of sp³-hybridized carbons (Fsp3) is 0.889. The fourth-order valence-corrected chi connectivity index (χ4v) is 1.59. The lowest BCUT2D eigenvalue weighted by Crippen LogP contribution is -2.28. The minimum Gasteiger partial charge on any atom is -0.469 e. The van der Waals surface area contributed by atoms with Gasteiger partial charge in [0.2, 0.25) is 0 Å². The van der Waals surface area contributed by atoms with Crippen molar-refractivity contribution in [2.45, 2.75) is 25.7 Å². The Kier molecular flexibility index (Phi) is 7.00. The van der Waals surface area contributed by atoms with E-state index in [9.17, 15) is 4.79 Å². The summed E-state index contributed by atoms with van der Waals surface area (Å²) in [6, 6.07) is 0. The van der Waals surface area contributed by atoms with Gasteiger partial charge in [-0.05, 0) is 38.3 Å². The SMILES string of the molecule is COC(=O)CCC1CCNCC1.Cl. The second-order valence-electron chi connectivity index (χ2n) is 3.31. The summed E-state index contributed by atoms with van der Waals surface area (Å²) in [6.07, 6.45) is 3.99.